The highest BCUT2D eigenvalue weighted by Crippen LogP contribution is 2.32. The van der Waals surface area contributed by atoms with Crippen LogP contribution in [0.5, 0.6) is 0 Å². The number of alkyl halides is 2. The van der Waals surface area contributed by atoms with E-state index in [-0.39, 0.29) is 11.5 Å². The molecule has 1 atom stereocenters. The summed E-state index contributed by atoms with van der Waals surface area (Å²) in [6.45, 7) is 0. The zero-order chi connectivity index (χ0) is 18.4. The molecule has 0 aliphatic rings. The molecule has 0 amide bonds. The van der Waals surface area contributed by atoms with Gasteiger partial charge >= 0.3 is 0 Å². The third-order valence-electron chi connectivity index (χ3n) is 3.89. The zero-order valence-electron chi connectivity index (χ0n) is 13.0. The van der Waals surface area contributed by atoms with Crippen LogP contribution in [0, 0.1) is 0 Å². The van der Waals surface area contributed by atoms with Crippen LogP contribution in [-0.4, -0.2) is 19.7 Å². The standard InChI is InChI=1S/C17H11Cl2F2N4P/c18-9-4-8-5-11(23-15(8)14(26)6-9)13-7-12(16(20)21)24-25(13)17-10(19)2-1-3-22-17/h1-7,16,23H,26H2. The first kappa shape index (κ1) is 17.4. The minimum absolute atomic E-state index is 0.277. The summed E-state index contributed by atoms with van der Waals surface area (Å²) >= 11 is 12.3. The molecule has 0 bridgehead atoms. The molecule has 4 aromatic rings. The molecule has 132 valence electrons. The molecule has 1 N–H and O–H groups in total. The number of aromatic amines is 1. The second-order valence-corrected chi connectivity index (χ2v) is 7.08. The van der Waals surface area contributed by atoms with Gasteiger partial charge in [-0.25, -0.2) is 18.4 Å². The van der Waals surface area contributed by atoms with Crippen LogP contribution in [0.3, 0.4) is 0 Å². The predicted octanol–water partition coefficient (Wildman–Crippen LogP) is 5.16. The number of aromatic nitrogens is 4. The average molecular weight is 411 g/mol. The molecule has 0 aliphatic carbocycles. The molecule has 0 saturated carbocycles. The van der Waals surface area contributed by atoms with Gasteiger partial charge in [0.15, 0.2) is 5.82 Å². The molecule has 4 nitrogen and oxygen atoms in total. The van der Waals surface area contributed by atoms with Gasteiger partial charge in [-0.3, -0.25) is 0 Å². The van der Waals surface area contributed by atoms with Crippen molar-refractivity contribution in [2.75, 3.05) is 0 Å². The summed E-state index contributed by atoms with van der Waals surface area (Å²) in [5.74, 6) is 0.277. The molecule has 0 radical (unpaired) electrons. The van der Waals surface area contributed by atoms with Gasteiger partial charge in [-0.15, -0.1) is 9.24 Å². The monoisotopic (exact) mass is 410 g/mol. The fourth-order valence-electron chi connectivity index (χ4n) is 2.76. The van der Waals surface area contributed by atoms with Crippen molar-refractivity contribution < 1.29 is 8.78 Å². The summed E-state index contributed by atoms with van der Waals surface area (Å²) in [6.07, 6.45) is -1.19. The van der Waals surface area contributed by atoms with Crippen LogP contribution in [0.2, 0.25) is 10.0 Å². The number of pyridine rings is 1. The maximum absolute atomic E-state index is 13.3. The third-order valence-corrected chi connectivity index (χ3v) is 4.86. The van der Waals surface area contributed by atoms with Gasteiger partial charge in [-0.2, -0.15) is 5.10 Å². The average Bonchev–Trinajstić information content (AvgIpc) is 3.19. The summed E-state index contributed by atoms with van der Waals surface area (Å²) in [6, 6.07) is 10.0. The first-order valence-electron chi connectivity index (χ1n) is 7.51. The van der Waals surface area contributed by atoms with Crippen LogP contribution in [0.1, 0.15) is 12.1 Å². The molecule has 1 unspecified atom stereocenters. The highest BCUT2D eigenvalue weighted by atomic mass is 35.5. The van der Waals surface area contributed by atoms with E-state index in [4.69, 9.17) is 23.2 Å². The fraction of sp³-hybridized carbons (Fsp3) is 0.0588. The largest absolute Gasteiger partial charge is 0.353 e. The second-order valence-electron chi connectivity index (χ2n) is 5.62. The Morgan fingerprint density at radius 1 is 1.15 bits per heavy atom. The lowest BCUT2D eigenvalue weighted by Gasteiger charge is -2.06. The van der Waals surface area contributed by atoms with Crippen molar-refractivity contribution in [3.05, 3.63) is 58.3 Å². The molecular weight excluding hydrogens is 400 g/mol. The van der Waals surface area contributed by atoms with Crippen molar-refractivity contribution in [3.63, 3.8) is 0 Å². The van der Waals surface area contributed by atoms with Crippen molar-refractivity contribution >= 4 is 48.6 Å². The van der Waals surface area contributed by atoms with E-state index < -0.39 is 6.43 Å². The predicted molar refractivity (Wildman–Crippen MR) is 103 cm³/mol. The van der Waals surface area contributed by atoms with Gasteiger partial charge in [-0.05, 0) is 41.7 Å². The van der Waals surface area contributed by atoms with Gasteiger partial charge in [-0.1, -0.05) is 23.2 Å². The number of H-pyrrole nitrogens is 1. The topological polar surface area (TPSA) is 46.5 Å². The number of hydrogen-bond donors (Lipinski definition) is 1. The highest BCUT2D eigenvalue weighted by molar-refractivity contribution is 7.28. The minimum Gasteiger partial charge on any atom is -0.353 e. The first-order chi connectivity index (χ1) is 12.4. The maximum atomic E-state index is 13.3. The van der Waals surface area contributed by atoms with E-state index in [9.17, 15) is 8.78 Å². The van der Waals surface area contributed by atoms with Crippen LogP contribution in [0.4, 0.5) is 8.78 Å². The van der Waals surface area contributed by atoms with Crippen molar-refractivity contribution in [1.29, 1.82) is 0 Å². The highest BCUT2D eigenvalue weighted by Gasteiger charge is 2.21. The van der Waals surface area contributed by atoms with Gasteiger partial charge in [0.05, 0.1) is 21.9 Å². The van der Waals surface area contributed by atoms with Crippen LogP contribution in [-0.2, 0) is 0 Å². The Balaban J connectivity index is 1.97. The lowest BCUT2D eigenvalue weighted by atomic mass is 10.2. The number of hydrogen-bond acceptors (Lipinski definition) is 2. The van der Waals surface area contributed by atoms with E-state index in [1.165, 1.54) is 16.9 Å². The van der Waals surface area contributed by atoms with Gasteiger partial charge in [0, 0.05) is 16.6 Å². The van der Waals surface area contributed by atoms with Crippen molar-refractivity contribution in [1.82, 2.24) is 19.7 Å². The number of rotatable bonds is 3. The number of benzene rings is 1. The van der Waals surface area contributed by atoms with Crippen LogP contribution >= 0.6 is 32.4 Å². The maximum Gasteiger partial charge on any atom is 0.282 e. The Morgan fingerprint density at radius 2 is 1.96 bits per heavy atom. The fourth-order valence-corrected chi connectivity index (χ4v) is 3.73. The van der Waals surface area contributed by atoms with Gasteiger partial charge in [0.2, 0.25) is 0 Å². The summed E-state index contributed by atoms with van der Waals surface area (Å²) in [5, 5.41) is 6.62. The molecule has 0 spiro atoms. The van der Waals surface area contributed by atoms with E-state index in [1.54, 1.807) is 24.3 Å². The van der Waals surface area contributed by atoms with Crippen molar-refractivity contribution in [2.45, 2.75) is 6.43 Å². The number of halogens is 4. The summed E-state index contributed by atoms with van der Waals surface area (Å²) in [4.78, 5) is 7.41. The van der Waals surface area contributed by atoms with Gasteiger partial charge in [0.25, 0.3) is 6.43 Å². The molecule has 3 aromatic heterocycles. The van der Waals surface area contributed by atoms with Crippen LogP contribution < -0.4 is 5.30 Å². The Bertz CT molecular complexity index is 1120. The quantitative estimate of drug-likeness (QED) is 0.474. The Morgan fingerprint density at radius 3 is 2.69 bits per heavy atom. The van der Waals surface area contributed by atoms with Crippen molar-refractivity contribution in [3.8, 4) is 17.2 Å². The Kier molecular flexibility index (Phi) is 4.43. The third kappa shape index (κ3) is 2.98. The number of fused-ring (bicyclic) bond motifs is 1. The lowest BCUT2D eigenvalue weighted by molar-refractivity contribution is 0.145. The summed E-state index contributed by atoms with van der Waals surface area (Å²) < 4.78 is 27.8. The van der Waals surface area contributed by atoms with Crippen LogP contribution in [0.25, 0.3) is 28.1 Å². The molecule has 3 heterocycles. The van der Waals surface area contributed by atoms with E-state index in [1.807, 2.05) is 6.07 Å². The molecule has 1 aromatic carbocycles. The number of nitrogens with one attached hydrogen (secondary N) is 1. The van der Waals surface area contributed by atoms with Crippen LogP contribution in [0.15, 0.2) is 42.6 Å². The smallest absolute Gasteiger partial charge is 0.282 e. The van der Waals surface area contributed by atoms with Gasteiger partial charge in [0.1, 0.15) is 5.69 Å². The second kappa shape index (κ2) is 6.62. The Labute approximate surface area is 159 Å². The number of nitrogens with zero attached hydrogens (tertiary/aromatic N) is 3. The Hall–Kier alpha value is -2.01. The summed E-state index contributed by atoms with van der Waals surface area (Å²) in [7, 11) is 2.60. The molecule has 0 aliphatic heterocycles. The summed E-state index contributed by atoms with van der Waals surface area (Å²) in [5.41, 5.74) is 1.52. The molecule has 26 heavy (non-hydrogen) atoms. The molecular formula is C17H11Cl2F2N4P. The van der Waals surface area contributed by atoms with E-state index in [2.05, 4.69) is 24.3 Å². The molecule has 4 rings (SSSR count). The minimum atomic E-state index is -2.71. The SMILES string of the molecule is FC(F)c1cc(-c2cc3cc(Cl)cc(P)c3[nH]2)n(-c2ncccc2Cl)n1. The zero-order valence-corrected chi connectivity index (χ0v) is 15.7. The molecule has 9 heteroatoms. The molecule has 0 fully saturated rings. The van der Waals surface area contributed by atoms with Gasteiger partial charge < -0.3 is 4.98 Å². The first-order valence-corrected chi connectivity index (χ1v) is 8.84. The lowest BCUT2D eigenvalue weighted by Crippen LogP contribution is -2.03. The van der Waals surface area contributed by atoms with E-state index >= 15 is 0 Å². The normalized spacial score (nSPS) is 11.6. The molecule has 0 saturated heterocycles. The van der Waals surface area contributed by atoms with E-state index in [0.29, 0.717) is 21.4 Å². The van der Waals surface area contributed by atoms with E-state index in [0.717, 1.165) is 16.2 Å². The van der Waals surface area contributed by atoms with Crippen molar-refractivity contribution in [2.24, 2.45) is 0 Å².